The number of quaternary nitrogens is 1. The molecule has 0 radical (unpaired) electrons. The Morgan fingerprint density at radius 3 is 2.45 bits per heavy atom. The van der Waals surface area contributed by atoms with Crippen LogP contribution in [0, 0.1) is 11.3 Å². The number of nitrogens with zero attached hydrogens (tertiary/aromatic N) is 2. The fraction of sp³-hybridized carbons (Fsp3) is 0.500. The molecule has 1 aliphatic heterocycles. The van der Waals surface area contributed by atoms with Crippen molar-refractivity contribution >= 4 is 17.7 Å². The standard InChI is InChI=1S/C16H21ClN4O/c1-12(14-5-3-13(11-18)4-6-14)15(19-17)16(22)21-9-7-20(2)8-10-21/h3-6,12,15,19H,7-10H2,1-2H3/p+1. The zero-order valence-corrected chi connectivity index (χ0v) is 13.7. The molecule has 1 saturated heterocycles. The number of hydrogen-bond acceptors (Lipinski definition) is 3. The highest BCUT2D eigenvalue weighted by Gasteiger charge is 2.31. The number of hydrogen-bond donors (Lipinski definition) is 2. The van der Waals surface area contributed by atoms with Crippen LogP contribution in [0.1, 0.15) is 24.0 Å². The van der Waals surface area contributed by atoms with Gasteiger partial charge in [0.05, 0.1) is 44.9 Å². The maximum Gasteiger partial charge on any atom is 0.242 e. The van der Waals surface area contributed by atoms with E-state index in [1.807, 2.05) is 24.0 Å². The molecule has 2 unspecified atom stereocenters. The third kappa shape index (κ3) is 3.77. The number of nitrogens with one attached hydrogen (secondary N) is 2. The fourth-order valence-electron chi connectivity index (χ4n) is 2.71. The molecule has 5 nitrogen and oxygen atoms in total. The van der Waals surface area contributed by atoms with Crippen molar-refractivity contribution in [3.63, 3.8) is 0 Å². The van der Waals surface area contributed by atoms with Gasteiger partial charge >= 0.3 is 0 Å². The van der Waals surface area contributed by atoms with Crippen molar-refractivity contribution in [3.05, 3.63) is 35.4 Å². The van der Waals surface area contributed by atoms with Gasteiger partial charge in [0.2, 0.25) is 5.91 Å². The Morgan fingerprint density at radius 1 is 1.36 bits per heavy atom. The van der Waals surface area contributed by atoms with Gasteiger partial charge in [-0.1, -0.05) is 19.1 Å². The Bertz CT molecular complexity index is 546. The second kappa shape index (κ2) is 7.59. The van der Waals surface area contributed by atoms with Gasteiger partial charge in [0.25, 0.3) is 0 Å². The third-order valence-electron chi connectivity index (χ3n) is 4.38. The van der Waals surface area contributed by atoms with Gasteiger partial charge in [-0.25, -0.2) is 4.84 Å². The molecule has 0 bridgehead atoms. The zero-order valence-electron chi connectivity index (χ0n) is 13.0. The Balaban J connectivity index is 2.09. The predicted octanol–water partition coefficient (Wildman–Crippen LogP) is 0.131. The number of rotatable bonds is 4. The Kier molecular flexibility index (Phi) is 5.78. The summed E-state index contributed by atoms with van der Waals surface area (Å²) in [5, 5.41) is 8.86. The lowest BCUT2D eigenvalue weighted by atomic mass is 9.92. The largest absolute Gasteiger partial charge is 0.334 e. The SMILES string of the molecule is CC(c1ccc(C#N)cc1)C(NCl)C(=O)N1CC[NH+](C)CC1. The van der Waals surface area contributed by atoms with Crippen LogP contribution in [0.4, 0.5) is 0 Å². The van der Waals surface area contributed by atoms with Crippen molar-refractivity contribution in [3.8, 4) is 6.07 Å². The molecule has 1 fully saturated rings. The zero-order chi connectivity index (χ0) is 16.1. The van der Waals surface area contributed by atoms with E-state index in [2.05, 4.69) is 18.0 Å². The van der Waals surface area contributed by atoms with Crippen LogP contribution >= 0.6 is 11.8 Å². The first kappa shape index (κ1) is 16.8. The van der Waals surface area contributed by atoms with Crippen LogP contribution in [-0.2, 0) is 4.79 Å². The van der Waals surface area contributed by atoms with E-state index in [0.29, 0.717) is 5.56 Å². The van der Waals surface area contributed by atoms with E-state index in [-0.39, 0.29) is 11.8 Å². The fourth-order valence-corrected chi connectivity index (χ4v) is 3.00. The lowest BCUT2D eigenvalue weighted by Gasteiger charge is -2.33. The molecular weight excluding hydrogens is 300 g/mol. The van der Waals surface area contributed by atoms with Crippen molar-refractivity contribution in [1.82, 2.24) is 9.74 Å². The van der Waals surface area contributed by atoms with E-state index in [1.54, 1.807) is 12.1 Å². The van der Waals surface area contributed by atoms with Gasteiger partial charge in [-0.05, 0) is 29.5 Å². The average Bonchev–Trinajstić information content (AvgIpc) is 2.56. The lowest BCUT2D eigenvalue weighted by Crippen LogP contribution is -3.12. The molecule has 2 rings (SSSR count). The minimum Gasteiger partial charge on any atom is -0.334 e. The summed E-state index contributed by atoms with van der Waals surface area (Å²) in [6.45, 7) is 5.43. The molecule has 1 aromatic carbocycles. The maximum atomic E-state index is 12.7. The maximum absolute atomic E-state index is 12.7. The van der Waals surface area contributed by atoms with Gasteiger partial charge in [-0.3, -0.25) is 4.79 Å². The second-order valence-electron chi connectivity index (χ2n) is 5.89. The van der Waals surface area contributed by atoms with Crippen molar-refractivity contribution < 1.29 is 9.69 Å². The quantitative estimate of drug-likeness (QED) is 0.775. The number of piperazine rings is 1. The Hall–Kier alpha value is -1.61. The smallest absolute Gasteiger partial charge is 0.242 e. The van der Waals surface area contributed by atoms with Crippen LogP contribution in [0.15, 0.2) is 24.3 Å². The van der Waals surface area contributed by atoms with Gasteiger partial charge in [0.1, 0.15) is 6.04 Å². The first-order valence-corrected chi connectivity index (χ1v) is 7.91. The molecule has 6 heteroatoms. The highest BCUT2D eigenvalue weighted by Crippen LogP contribution is 2.22. The van der Waals surface area contributed by atoms with Crippen molar-refractivity contribution in [2.24, 2.45) is 0 Å². The number of likely N-dealkylation sites (N-methyl/N-ethyl adjacent to an activating group) is 1. The number of benzene rings is 1. The first-order valence-electron chi connectivity index (χ1n) is 7.53. The highest BCUT2D eigenvalue weighted by molar-refractivity contribution is 6.15. The summed E-state index contributed by atoms with van der Waals surface area (Å²) >= 11 is 5.86. The van der Waals surface area contributed by atoms with E-state index in [4.69, 9.17) is 17.0 Å². The molecule has 0 spiro atoms. The minimum atomic E-state index is -0.465. The van der Waals surface area contributed by atoms with E-state index in [1.165, 1.54) is 4.90 Å². The average molecular weight is 322 g/mol. The normalized spacial score (nSPS) is 18.5. The summed E-state index contributed by atoms with van der Waals surface area (Å²) in [6, 6.07) is 8.92. The summed E-state index contributed by atoms with van der Waals surface area (Å²) in [5.74, 6) is -0.0240. The van der Waals surface area contributed by atoms with Crippen LogP contribution in [0.5, 0.6) is 0 Å². The Morgan fingerprint density at radius 2 is 1.95 bits per heavy atom. The molecule has 0 saturated carbocycles. The predicted molar refractivity (Wildman–Crippen MR) is 85.5 cm³/mol. The van der Waals surface area contributed by atoms with Gasteiger partial charge in [0, 0.05) is 5.92 Å². The monoisotopic (exact) mass is 321 g/mol. The summed E-state index contributed by atoms with van der Waals surface area (Å²) in [7, 11) is 2.14. The summed E-state index contributed by atoms with van der Waals surface area (Å²) in [5.41, 5.74) is 1.60. The molecule has 0 aliphatic carbocycles. The number of carbonyl (C=O) groups excluding carboxylic acids is 1. The molecule has 1 amide bonds. The summed E-state index contributed by atoms with van der Waals surface area (Å²) in [4.78, 5) is 18.7. The molecule has 22 heavy (non-hydrogen) atoms. The van der Waals surface area contributed by atoms with Crippen LogP contribution in [0.2, 0.25) is 0 Å². The van der Waals surface area contributed by atoms with Crippen LogP contribution in [0.3, 0.4) is 0 Å². The number of halogens is 1. The van der Waals surface area contributed by atoms with Crippen molar-refractivity contribution in [2.75, 3.05) is 33.2 Å². The van der Waals surface area contributed by atoms with Gasteiger partial charge in [-0.15, -0.1) is 0 Å². The van der Waals surface area contributed by atoms with Crippen LogP contribution in [-0.4, -0.2) is 50.1 Å². The second-order valence-corrected chi connectivity index (χ2v) is 6.11. The topological polar surface area (TPSA) is 60.6 Å². The molecule has 1 aliphatic rings. The van der Waals surface area contributed by atoms with E-state index in [0.717, 1.165) is 31.7 Å². The summed E-state index contributed by atoms with van der Waals surface area (Å²) in [6.07, 6.45) is 0. The number of nitriles is 1. The molecule has 1 aromatic rings. The van der Waals surface area contributed by atoms with Gasteiger partial charge in [0.15, 0.2) is 0 Å². The molecule has 2 atom stereocenters. The molecule has 1 heterocycles. The van der Waals surface area contributed by atoms with Gasteiger partial charge in [-0.2, -0.15) is 5.26 Å². The van der Waals surface area contributed by atoms with Crippen LogP contribution in [0.25, 0.3) is 0 Å². The first-order chi connectivity index (χ1) is 10.6. The highest BCUT2D eigenvalue weighted by atomic mass is 35.5. The number of amides is 1. The lowest BCUT2D eigenvalue weighted by molar-refractivity contribution is -0.883. The Labute approximate surface area is 136 Å². The molecule has 118 valence electrons. The van der Waals surface area contributed by atoms with Gasteiger partial charge < -0.3 is 9.80 Å². The van der Waals surface area contributed by atoms with Crippen molar-refractivity contribution in [1.29, 1.82) is 5.26 Å². The third-order valence-corrected chi connectivity index (χ3v) is 4.61. The molecule has 0 aromatic heterocycles. The molecular formula is C16H22ClN4O+. The summed E-state index contributed by atoms with van der Waals surface area (Å²) < 4.78 is 0. The van der Waals surface area contributed by atoms with E-state index < -0.39 is 6.04 Å². The minimum absolute atomic E-state index is 0.0411. The van der Waals surface area contributed by atoms with Crippen molar-refractivity contribution in [2.45, 2.75) is 18.9 Å². The van der Waals surface area contributed by atoms with E-state index in [9.17, 15) is 4.79 Å². The molecule has 2 N–H and O–H groups in total. The number of carbonyl (C=O) groups is 1. The van der Waals surface area contributed by atoms with E-state index >= 15 is 0 Å². The van der Waals surface area contributed by atoms with Crippen LogP contribution < -0.4 is 9.74 Å².